The van der Waals surface area contributed by atoms with Crippen molar-refractivity contribution in [3.63, 3.8) is 0 Å². The summed E-state index contributed by atoms with van der Waals surface area (Å²) >= 11 is 0. The van der Waals surface area contributed by atoms with Crippen LogP contribution in [0.2, 0.25) is 0 Å². The quantitative estimate of drug-likeness (QED) is 0.655. The summed E-state index contributed by atoms with van der Waals surface area (Å²) < 4.78 is 16.7. The first kappa shape index (κ1) is 16.1. The van der Waals surface area contributed by atoms with Crippen LogP contribution in [-0.4, -0.2) is 41.4 Å². The van der Waals surface area contributed by atoms with Crippen LogP contribution >= 0.6 is 0 Å². The second-order valence-electron chi connectivity index (χ2n) is 4.38. The Kier molecular flexibility index (Phi) is 6.50. The zero-order chi connectivity index (χ0) is 15.6. The average Bonchev–Trinajstić information content (AvgIpc) is 3.05. The molecule has 0 atom stereocenters. The molecule has 0 saturated carbocycles. The predicted octanol–water partition coefficient (Wildman–Crippen LogP) is 2.23. The highest BCUT2D eigenvalue weighted by Crippen LogP contribution is 2.30. The minimum atomic E-state index is 0.478. The van der Waals surface area contributed by atoms with Crippen molar-refractivity contribution in [2.45, 2.75) is 20.4 Å². The SMILES string of the molecule is CCOCCOc1ccnc(CNc2cnc[nH]2)c1OCC. The maximum absolute atomic E-state index is 5.73. The molecule has 0 bridgehead atoms. The van der Waals surface area contributed by atoms with E-state index in [0.717, 1.165) is 11.5 Å². The first-order valence-corrected chi connectivity index (χ1v) is 7.38. The maximum Gasteiger partial charge on any atom is 0.184 e. The Labute approximate surface area is 130 Å². The minimum Gasteiger partial charge on any atom is -0.488 e. The number of hydrogen-bond donors (Lipinski definition) is 2. The topological polar surface area (TPSA) is 81.3 Å². The molecule has 0 aromatic carbocycles. The molecule has 0 aliphatic rings. The Morgan fingerprint density at radius 1 is 1.18 bits per heavy atom. The molecule has 120 valence electrons. The third-order valence-electron chi connectivity index (χ3n) is 2.86. The van der Waals surface area contributed by atoms with Crippen LogP contribution in [0.15, 0.2) is 24.8 Å². The van der Waals surface area contributed by atoms with Gasteiger partial charge in [-0.1, -0.05) is 0 Å². The third kappa shape index (κ3) is 4.63. The van der Waals surface area contributed by atoms with Crippen molar-refractivity contribution in [3.8, 4) is 11.5 Å². The molecule has 2 aromatic rings. The molecule has 0 amide bonds. The summed E-state index contributed by atoms with van der Waals surface area (Å²) in [5, 5.41) is 3.20. The lowest BCUT2D eigenvalue weighted by Gasteiger charge is -2.15. The molecule has 7 nitrogen and oxygen atoms in total. The van der Waals surface area contributed by atoms with Gasteiger partial charge in [-0.3, -0.25) is 4.98 Å². The zero-order valence-electron chi connectivity index (χ0n) is 13.0. The van der Waals surface area contributed by atoms with E-state index in [1.807, 2.05) is 13.8 Å². The van der Waals surface area contributed by atoms with E-state index >= 15 is 0 Å². The molecule has 2 aromatic heterocycles. The fourth-order valence-electron chi connectivity index (χ4n) is 1.90. The van der Waals surface area contributed by atoms with Gasteiger partial charge in [0.25, 0.3) is 0 Å². The van der Waals surface area contributed by atoms with E-state index < -0.39 is 0 Å². The van der Waals surface area contributed by atoms with Crippen molar-refractivity contribution in [1.29, 1.82) is 0 Å². The van der Waals surface area contributed by atoms with Crippen LogP contribution in [0.4, 0.5) is 5.82 Å². The normalized spacial score (nSPS) is 10.5. The highest BCUT2D eigenvalue weighted by atomic mass is 16.5. The lowest BCUT2D eigenvalue weighted by molar-refractivity contribution is 0.108. The van der Waals surface area contributed by atoms with Crippen LogP contribution in [-0.2, 0) is 11.3 Å². The summed E-state index contributed by atoms with van der Waals surface area (Å²) in [7, 11) is 0. The largest absolute Gasteiger partial charge is 0.488 e. The zero-order valence-corrected chi connectivity index (χ0v) is 13.0. The van der Waals surface area contributed by atoms with Crippen molar-refractivity contribution in [1.82, 2.24) is 15.0 Å². The first-order chi connectivity index (χ1) is 10.8. The maximum atomic E-state index is 5.73. The van der Waals surface area contributed by atoms with Crippen LogP contribution < -0.4 is 14.8 Å². The molecule has 2 N–H and O–H groups in total. The van der Waals surface area contributed by atoms with Gasteiger partial charge in [-0.05, 0) is 13.8 Å². The number of aromatic amines is 1. The van der Waals surface area contributed by atoms with Gasteiger partial charge in [-0.15, -0.1) is 0 Å². The van der Waals surface area contributed by atoms with Crippen LogP contribution in [0.3, 0.4) is 0 Å². The van der Waals surface area contributed by atoms with Crippen LogP contribution in [0.1, 0.15) is 19.5 Å². The molecular formula is C15H22N4O3. The van der Waals surface area contributed by atoms with Crippen molar-refractivity contribution >= 4 is 5.82 Å². The molecule has 22 heavy (non-hydrogen) atoms. The number of pyridine rings is 1. The Morgan fingerprint density at radius 3 is 2.82 bits per heavy atom. The smallest absolute Gasteiger partial charge is 0.184 e. The van der Waals surface area contributed by atoms with Gasteiger partial charge in [-0.2, -0.15) is 0 Å². The number of nitrogens with one attached hydrogen (secondary N) is 2. The molecule has 0 spiro atoms. The molecular weight excluding hydrogens is 284 g/mol. The van der Waals surface area contributed by atoms with E-state index in [4.69, 9.17) is 14.2 Å². The van der Waals surface area contributed by atoms with Crippen LogP contribution in [0.5, 0.6) is 11.5 Å². The van der Waals surface area contributed by atoms with Gasteiger partial charge in [0, 0.05) is 18.9 Å². The number of anilines is 1. The van der Waals surface area contributed by atoms with Gasteiger partial charge in [-0.25, -0.2) is 4.98 Å². The molecule has 0 aliphatic heterocycles. The predicted molar refractivity (Wildman–Crippen MR) is 83.3 cm³/mol. The Morgan fingerprint density at radius 2 is 2.09 bits per heavy atom. The summed E-state index contributed by atoms with van der Waals surface area (Å²) in [5.74, 6) is 2.17. The summed E-state index contributed by atoms with van der Waals surface area (Å²) in [5.41, 5.74) is 0.783. The van der Waals surface area contributed by atoms with Crippen molar-refractivity contribution in [3.05, 3.63) is 30.5 Å². The number of rotatable bonds is 10. The van der Waals surface area contributed by atoms with E-state index in [1.165, 1.54) is 0 Å². The highest BCUT2D eigenvalue weighted by molar-refractivity contribution is 5.44. The average molecular weight is 306 g/mol. The van der Waals surface area contributed by atoms with Gasteiger partial charge >= 0.3 is 0 Å². The number of imidazole rings is 1. The van der Waals surface area contributed by atoms with E-state index in [9.17, 15) is 0 Å². The van der Waals surface area contributed by atoms with Gasteiger partial charge in [0.05, 0.1) is 32.3 Å². The number of aromatic nitrogens is 3. The summed E-state index contributed by atoms with van der Waals surface area (Å²) in [4.78, 5) is 11.3. The summed E-state index contributed by atoms with van der Waals surface area (Å²) in [6.45, 7) is 6.65. The number of H-pyrrole nitrogens is 1. The molecule has 7 heteroatoms. The van der Waals surface area contributed by atoms with Gasteiger partial charge in [0.15, 0.2) is 11.5 Å². The standard InChI is InChI=1S/C15H22N4O3/c1-3-20-7-8-22-13-5-6-17-12(15(13)21-4-2)9-18-14-10-16-11-19-14/h5-6,10-11,18H,3-4,7-9H2,1-2H3,(H,16,19). The Hall–Kier alpha value is -2.28. The second kappa shape index (κ2) is 8.89. The van der Waals surface area contributed by atoms with Crippen LogP contribution in [0, 0.1) is 0 Å². The Balaban J connectivity index is 2.03. The van der Waals surface area contributed by atoms with Crippen molar-refractivity contribution < 1.29 is 14.2 Å². The molecule has 2 heterocycles. The number of hydrogen-bond acceptors (Lipinski definition) is 6. The molecule has 0 unspecified atom stereocenters. The van der Waals surface area contributed by atoms with Gasteiger partial charge < -0.3 is 24.5 Å². The van der Waals surface area contributed by atoms with Gasteiger partial charge in [0.1, 0.15) is 18.1 Å². The fourth-order valence-corrected chi connectivity index (χ4v) is 1.90. The Bertz CT molecular complexity index is 546. The van der Waals surface area contributed by atoms with E-state index in [2.05, 4.69) is 20.3 Å². The molecule has 2 rings (SSSR count). The van der Waals surface area contributed by atoms with E-state index in [-0.39, 0.29) is 0 Å². The molecule has 0 aliphatic carbocycles. The van der Waals surface area contributed by atoms with E-state index in [1.54, 1.807) is 24.8 Å². The lowest BCUT2D eigenvalue weighted by atomic mass is 10.3. The number of nitrogens with zero attached hydrogens (tertiary/aromatic N) is 2. The summed E-state index contributed by atoms with van der Waals surface area (Å²) in [6, 6.07) is 1.80. The molecule has 0 radical (unpaired) electrons. The fraction of sp³-hybridized carbons (Fsp3) is 0.467. The van der Waals surface area contributed by atoms with Crippen LogP contribution in [0.25, 0.3) is 0 Å². The van der Waals surface area contributed by atoms with Crippen molar-refractivity contribution in [2.24, 2.45) is 0 Å². The van der Waals surface area contributed by atoms with E-state index in [0.29, 0.717) is 44.5 Å². The monoisotopic (exact) mass is 306 g/mol. The minimum absolute atomic E-state index is 0.478. The van der Waals surface area contributed by atoms with Crippen molar-refractivity contribution in [2.75, 3.05) is 31.7 Å². The third-order valence-corrected chi connectivity index (χ3v) is 2.86. The highest BCUT2D eigenvalue weighted by Gasteiger charge is 2.12. The lowest BCUT2D eigenvalue weighted by Crippen LogP contribution is -2.10. The first-order valence-electron chi connectivity index (χ1n) is 7.38. The second-order valence-corrected chi connectivity index (χ2v) is 4.38. The van der Waals surface area contributed by atoms with Gasteiger partial charge in [0.2, 0.25) is 0 Å². The molecule has 0 saturated heterocycles. The number of ether oxygens (including phenoxy) is 3. The summed E-state index contributed by atoms with van der Waals surface area (Å²) in [6.07, 6.45) is 5.04. The molecule has 0 fully saturated rings.